The van der Waals surface area contributed by atoms with E-state index in [1.807, 2.05) is 0 Å². The molecule has 0 aliphatic heterocycles. The summed E-state index contributed by atoms with van der Waals surface area (Å²) in [6.45, 7) is 0. The Labute approximate surface area is 181 Å². The molecule has 8 nitrogen and oxygen atoms in total. The molecule has 2 N–H and O–H groups in total. The van der Waals surface area contributed by atoms with Crippen LogP contribution in [0.2, 0.25) is 0 Å². The maximum Gasteiger partial charge on any atom is 0.342 e. The Morgan fingerprint density at radius 3 is 2.10 bits per heavy atom. The average Bonchev–Trinajstić information content (AvgIpc) is 2.65. The van der Waals surface area contributed by atoms with Crippen LogP contribution in [0.4, 0.5) is 13.2 Å². The number of rotatable bonds is 8. The lowest BCUT2D eigenvalue weighted by molar-refractivity contribution is -0.132. The summed E-state index contributed by atoms with van der Waals surface area (Å²) in [6, 6.07) is 2.22. The van der Waals surface area contributed by atoms with Crippen LogP contribution in [0.1, 0.15) is 20.7 Å². The lowest BCUT2D eigenvalue weighted by Gasteiger charge is -2.11. The first-order valence-electron chi connectivity index (χ1n) is 7.97. The molecule has 2 aromatic carbocycles. The van der Waals surface area contributed by atoms with Gasteiger partial charge in [-0.15, -0.1) is 11.8 Å². The fraction of sp³-hybridized carbons (Fsp3) is 0.111. The van der Waals surface area contributed by atoms with Crippen molar-refractivity contribution >= 4 is 48.3 Å². The molecule has 0 saturated heterocycles. The van der Waals surface area contributed by atoms with Gasteiger partial charge in [-0.1, -0.05) is 0 Å². The van der Waals surface area contributed by atoms with Gasteiger partial charge in [0.2, 0.25) is 0 Å². The molecule has 31 heavy (non-hydrogen) atoms. The lowest BCUT2D eigenvalue weighted by atomic mass is 10.2. The number of thiol groups is 1. The quantitative estimate of drug-likeness (QED) is 0.228. The Bertz CT molecular complexity index is 1070. The summed E-state index contributed by atoms with van der Waals surface area (Å²) in [6.07, 6.45) is 0. The molecule has 0 heterocycles. The maximum absolute atomic E-state index is 14.2. The monoisotopic (exact) mass is 476 g/mol. The Hall–Kier alpha value is -3.19. The minimum Gasteiger partial charge on any atom is -0.478 e. The van der Waals surface area contributed by atoms with E-state index in [-0.39, 0.29) is 10.6 Å². The van der Waals surface area contributed by atoms with Crippen LogP contribution in [0.15, 0.2) is 29.2 Å². The summed E-state index contributed by atoms with van der Waals surface area (Å²) in [5.74, 6) is -11.7. The van der Waals surface area contributed by atoms with Crippen molar-refractivity contribution in [3.63, 3.8) is 0 Å². The smallest absolute Gasteiger partial charge is 0.342 e. The van der Waals surface area contributed by atoms with Gasteiger partial charge in [0.1, 0.15) is 34.3 Å². The highest BCUT2D eigenvalue weighted by Crippen LogP contribution is 2.31. The third-order valence-corrected chi connectivity index (χ3v) is 4.68. The van der Waals surface area contributed by atoms with E-state index in [1.54, 1.807) is 0 Å². The van der Waals surface area contributed by atoms with Crippen molar-refractivity contribution in [2.45, 2.75) is 4.90 Å². The Balaban J connectivity index is 2.21. The number of thioether (sulfide) groups is 1. The molecule has 0 amide bonds. The van der Waals surface area contributed by atoms with E-state index in [9.17, 15) is 37.5 Å². The zero-order valence-electron chi connectivity index (χ0n) is 15.1. The molecule has 0 bridgehead atoms. The molecule has 164 valence electrons. The second-order valence-electron chi connectivity index (χ2n) is 5.54. The summed E-state index contributed by atoms with van der Waals surface area (Å²) in [5, 5.41) is 18.2. The van der Waals surface area contributed by atoms with Crippen LogP contribution in [-0.2, 0) is 9.59 Å². The van der Waals surface area contributed by atoms with Gasteiger partial charge in [0, 0.05) is 23.1 Å². The molecule has 0 saturated carbocycles. The molecule has 2 aromatic rings. The minimum absolute atomic E-state index is 0.292. The number of ether oxygens (including phenoxy) is 2. The highest BCUT2D eigenvalue weighted by molar-refractivity contribution is 8.00. The van der Waals surface area contributed by atoms with E-state index in [1.165, 1.54) is 0 Å². The van der Waals surface area contributed by atoms with E-state index in [4.69, 9.17) is 9.84 Å². The van der Waals surface area contributed by atoms with Gasteiger partial charge in [-0.25, -0.2) is 22.8 Å². The molecule has 0 radical (unpaired) electrons. The van der Waals surface area contributed by atoms with Gasteiger partial charge in [-0.05, 0) is 6.07 Å². The molecular formula is C18H11F3O8S2. The minimum atomic E-state index is -1.81. The average molecular weight is 476 g/mol. The first-order chi connectivity index (χ1) is 14.5. The zero-order valence-corrected chi connectivity index (χ0v) is 16.8. The number of hydrogen-bond acceptors (Lipinski definition) is 8. The lowest BCUT2D eigenvalue weighted by Crippen LogP contribution is -2.15. The number of hydrogen-bond donors (Lipinski definition) is 3. The molecule has 0 spiro atoms. The van der Waals surface area contributed by atoms with Crippen molar-refractivity contribution < 1.29 is 52.0 Å². The molecule has 2 rings (SSSR count). The number of aromatic carboxylic acids is 2. The molecule has 0 aromatic heterocycles. The SMILES string of the molecule is O=C(CS)Oc1cc(F)c(SCC(=O)Oc2cc(F)cc(F)c2C(=O)O)cc1C(=O)O. The highest BCUT2D eigenvalue weighted by atomic mass is 32.2. The summed E-state index contributed by atoms with van der Waals surface area (Å²) in [7, 11) is 0. The summed E-state index contributed by atoms with van der Waals surface area (Å²) >= 11 is 4.11. The largest absolute Gasteiger partial charge is 0.478 e. The number of carbonyl (C=O) groups excluding carboxylic acids is 2. The van der Waals surface area contributed by atoms with Crippen molar-refractivity contribution in [2.24, 2.45) is 0 Å². The van der Waals surface area contributed by atoms with Gasteiger partial charge in [0.05, 0.1) is 11.5 Å². The predicted octanol–water partition coefficient (Wildman–Crippen LogP) is 3.03. The van der Waals surface area contributed by atoms with Gasteiger partial charge < -0.3 is 19.7 Å². The van der Waals surface area contributed by atoms with Crippen molar-refractivity contribution in [2.75, 3.05) is 11.5 Å². The van der Waals surface area contributed by atoms with Crippen molar-refractivity contribution in [3.05, 3.63) is 52.8 Å². The standard InChI is InChI=1S/C18H11F3O8S2/c19-7-1-10(21)16(18(26)27)12(2-7)29-15(23)6-31-13-3-8(17(24)25)11(4-9(13)20)28-14(22)5-30/h1-4,30H,5-6H2,(H,24,25)(H,26,27). The molecular weight excluding hydrogens is 465 g/mol. The normalized spacial score (nSPS) is 10.5. The third kappa shape index (κ3) is 6.15. The zero-order chi connectivity index (χ0) is 23.3. The van der Waals surface area contributed by atoms with E-state index in [0.717, 1.165) is 6.07 Å². The van der Waals surface area contributed by atoms with E-state index < -0.39 is 69.7 Å². The van der Waals surface area contributed by atoms with Crippen LogP contribution in [0.25, 0.3) is 0 Å². The first-order valence-corrected chi connectivity index (χ1v) is 9.59. The molecule has 0 unspecified atom stereocenters. The Kier molecular flexibility index (Phi) is 7.94. The fourth-order valence-corrected chi connectivity index (χ4v) is 2.97. The summed E-state index contributed by atoms with van der Waals surface area (Å²) in [4.78, 5) is 45.3. The third-order valence-electron chi connectivity index (χ3n) is 3.42. The van der Waals surface area contributed by atoms with Crippen LogP contribution >= 0.6 is 24.4 Å². The fourth-order valence-electron chi connectivity index (χ4n) is 2.18. The van der Waals surface area contributed by atoms with E-state index in [2.05, 4.69) is 17.4 Å². The Morgan fingerprint density at radius 1 is 0.871 bits per heavy atom. The van der Waals surface area contributed by atoms with E-state index in [0.29, 0.717) is 30.0 Å². The predicted molar refractivity (Wildman–Crippen MR) is 103 cm³/mol. The highest BCUT2D eigenvalue weighted by Gasteiger charge is 2.23. The Morgan fingerprint density at radius 2 is 1.52 bits per heavy atom. The van der Waals surface area contributed by atoms with Gasteiger partial charge in [-0.3, -0.25) is 9.59 Å². The molecule has 0 fully saturated rings. The first kappa shape index (κ1) is 24.1. The number of halogens is 3. The number of carboxylic acid groups (broad SMARTS) is 2. The van der Waals surface area contributed by atoms with Crippen LogP contribution < -0.4 is 9.47 Å². The van der Waals surface area contributed by atoms with Crippen molar-refractivity contribution in [1.29, 1.82) is 0 Å². The maximum atomic E-state index is 14.2. The van der Waals surface area contributed by atoms with Crippen molar-refractivity contribution in [3.8, 4) is 11.5 Å². The summed E-state index contributed by atoms with van der Waals surface area (Å²) < 4.78 is 50.6. The number of benzene rings is 2. The van der Waals surface area contributed by atoms with Crippen LogP contribution in [0.5, 0.6) is 11.5 Å². The molecule has 0 atom stereocenters. The number of carbonyl (C=O) groups is 4. The van der Waals surface area contributed by atoms with Crippen LogP contribution in [0, 0.1) is 17.5 Å². The molecule has 0 aliphatic carbocycles. The van der Waals surface area contributed by atoms with E-state index >= 15 is 0 Å². The van der Waals surface area contributed by atoms with Gasteiger partial charge in [-0.2, -0.15) is 12.6 Å². The molecule has 0 aliphatic rings. The number of esters is 2. The van der Waals surface area contributed by atoms with Gasteiger partial charge in [0.25, 0.3) is 0 Å². The second-order valence-corrected chi connectivity index (χ2v) is 6.88. The second kappa shape index (κ2) is 10.2. The molecule has 13 heteroatoms. The summed E-state index contributed by atoms with van der Waals surface area (Å²) in [5.41, 5.74) is -1.65. The van der Waals surface area contributed by atoms with Gasteiger partial charge >= 0.3 is 23.9 Å². The van der Waals surface area contributed by atoms with Crippen LogP contribution in [0.3, 0.4) is 0 Å². The van der Waals surface area contributed by atoms with Crippen LogP contribution in [-0.4, -0.2) is 45.6 Å². The topological polar surface area (TPSA) is 127 Å². The number of carboxylic acids is 2. The van der Waals surface area contributed by atoms with Crippen molar-refractivity contribution in [1.82, 2.24) is 0 Å². The van der Waals surface area contributed by atoms with Gasteiger partial charge in [0.15, 0.2) is 5.75 Å².